The van der Waals surface area contributed by atoms with E-state index in [9.17, 15) is 14.9 Å². The minimum atomic E-state index is -1.08. The van der Waals surface area contributed by atoms with Crippen molar-refractivity contribution in [2.75, 3.05) is 51.4 Å². The molecule has 7 rings (SSSR count). The van der Waals surface area contributed by atoms with Gasteiger partial charge in [-0.2, -0.15) is 5.26 Å². The molecule has 44 heavy (non-hydrogen) atoms. The minimum Gasteiger partial charge on any atom is -0.458 e. The summed E-state index contributed by atoms with van der Waals surface area (Å²) in [4.78, 5) is 36.2. The highest BCUT2D eigenvalue weighted by molar-refractivity contribution is 6.47. The highest BCUT2D eigenvalue weighted by Crippen LogP contribution is 2.44. The van der Waals surface area contributed by atoms with Gasteiger partial charge in [0.25, 0.3) is 6.35 Å². The van der Waals surface area contributed by atoms with E-state index in [1.165, 1.54) is 0 Å². The summed E-state index contributed by atoms with van der Waals surface area (Å²) in [6.07, 6.45) is 7.26. The first-order valence-electron chi connectivity index (χ1n) is 15.3. The molecule has 0 radical (unpaired) electrons. The highest BCUT2D eigenvalue weighted by Gasteiger charge is 2.50. The number of nitriles is 1. The Labute approximate surface area is 256 Å². The van der Waals surface area contributed by atoms with Crippen molar-refractivity contribution < 1.29 is 28.5 Å². The maximum atomic E-state index is 13.9. The molecule has 1 aromatic rings. The van der Waals surface area contributed by atoms with Gasteiger partial charge in [0.15, 0.2) is 5.78 Å². The van der Waals surface area contributed by atoms with Crippen molar-refractivity contribution in [1.82, 2.24) is 10.2 Å². The van der Waals surface area contributed by atoms with Crippen LogP contribution in [0.15, 0.2) is 59.1 Å². The van der Waals surface area contributed by atoms with E-state index in [1.54, 1.807) is 26.4 Å². The van der Waals surface area contributed by atoms with E-state index in [0.29, 0.717) is 53.0 Å². The number of ether oxygens (including phenoxy) is 4. The summed E-state index contributed by atoms with van der Waals surface area (Å²) < 4.78 is 23.6. The zero-order valence-corrected chi connectivity index (χ0v) is 25.0. The number of Topliss-reactive ketones (excluding diaryl/α,β-unsaturated/α-hetero) is 1. The van der Waals surface area contributed by atoms with Crippen molar-refractivity contribution >= 4 is 23.2 Å². The summed E-state index contributed by atoms with van der Waals surface area (Å²) >= 11 is 0. The number of likely N-dealkylation sites (tertiary alicyclic amines) is 1. The average Bonchev–Trinajstić information content (AvgIpc) is 3.84. The molecule has 6 atom stereocenters. The van der Waals surface area contributed by atoms with Crippen LogP contribution in [0.4, 0.5) is 5.69 Å². The predicted molar refractivity (Wildman–Crippen MR) is 160 cm³/mol. The summed E-state index contributed by atoms with van der Waals surface area (Å²) in [6.45, 7) is 6.36. The Morgan fingerprint density at radius 3 is 2.77 bits per heavy atom. The maximum absolute atomic E-state index is 13.9. The van der Waals surface area contributed by atoms with Gasteiger partial charge < -0.3 is 29.2 Å². The minimum absolute atomic E-state index is 0.0236. The molecule has 3 fully saturated rings. The highest BCUT2D eigenvalue weighted by atomic mass is 16.5. The van der Waals surface area contributed by atoms with Gasteiger partial charge in [0.1, 0.15) is 23.6 Å². The largest absolute Gasteiger partial charge is 0.458 e. The number of carbonyl (C=O) groups excluding carboxylic acids is 2. The first kappa shape index (κ1) is 28.8. The molecule has 0 saturated carbocycles. The van der Waals surface area contributed by atoms with E-state index < -0.39 is 23.8 Å². The Hall–Kier alpha value is -3.98. The van der Waals surface area contributed by atoms with E-state index in [4.69, 9.17) is 23.9 Å². The Bertz CT molecular complexity index is 1510. The van der Waals surface area contributed by atoms with Gasteiger partial charge in [-0.15, -0.1) is 0 Å². The average molecular weight is 600 g/mol. The zero-order valence-electron chi connectivity index (χ0n) is 25.0. The molecule has 0 aromatic heterocycles. The van der Waals surface area contributed by atoms with Crippen LogP contribution in [-0.2, 0) is 34.0 Å². The quantitative estimate of drug-likeness (QED) is 0.468. The molecule has 5 aliphatic heterocycles. The van der Waals surface area contributed by atoms with Crippen LogP contribution >= 0.6 is 0 Å². The van der Waals surface area contributed by atoms with Crippen LogP contribution in [-0.4, -0.2) is 87.4 Å². The molecule has 230 valence electrons. The van der Waals surface area contributed by atoms with E-state index in [1.807, 2.05) is 30.4 Å². The molecule has 11 heteroatoms. The lowest BCUT2D eigenvalue weighted by atomic mass is 9.68. The number of aliphatic imine (C=N–C) groups is 1. The van der Waals surface area contributed by atoms with Gasteiger partial charge >= 0.3 is 5.97 Å². The number of esters is 1. The summed E-state index contributed by atoms with van der Waals surface area (Å²) in [5.41, 5.74) is 1.75. The lowest BCUT2D eigenvalue weighted by Crippen LogP contribution is -2.45. The van der Waals surface area contributed by atoms with Gasteiger partial charge in [-0.3, -0.25) is 4.79 Å². The number of fused-ring (bicyclic) bond motifs is 2. The Kier molecular flexibility index (Phi) is 7.52. The van der Waals surface area contributed by atoms with E-state index >= 15 is 0 Å². The van der Waals surface area contributed by atoms with Crippen LogP contribution < -0.4 is 10.2 Å². The number of methoxy groups -OCH3 is 1. The molecule has 0 spiro atoms. The third kappa shape index (κ3) is 5.01. The summed E-state index contributed by atoms with van der Waals surface area (Å²) in [5, 5.41) is 13.2. The Morgan fingerprint density at radius 1 is 1.25 bits per heavy atom. The smallest absolute Gasteiger partial charge is 0.336 e. The fourth-order valence-corrected chi connectivity index (χ4v) is 7.33. The first-order chi connectivity index (χ1) is 21.4. The Balaban J connectivity index is 1.23. The molecule has 1 aromatic carbocycles. The van der Waals surface area contributed by atoms with Crippen molar-refractivity contribution in [2.24, 2.45) is 16.8 Å². The molecule has 6 aliphatic rings. The van der Waals surface area contributed by atoms with Crippen LogP contribution in [0.25, 0.3) is 0 Å². The van der Waals surface area contributed by atoms with Gasteiger partial charge in [-0.1, -0.05) is 12.1 Å². The van der Waals surface area contributed by atoms with Crippen LogP contribution in [0.1, 0.15) is 37.3 Å². The summed E-state index contributed by atoms with van der Waals surface area (Å²) in [5.74, 6) is 0.646. The molecular weight excluding hydrogens is 562 g/mol. The number of anilines is 1. The number of rotatable bonds is 7. The molecule has 0 amide bonds. The van der Waals surface area contributed by atoms with Gasteiger partial charge in [0.05, 0.1) is 41.6 Å². The molecule has 1 aliphatic carbocycles. The second-order valence-corrected chi connectivity index (χ2v) is 12.5. The van der Waals surface area contributed by atoms with Gasteiger partial charge in [-0.25, -0.2) is 14.7 Å². The number of carbonyl (C=O) groups is 2. The zero-order chi connectivity index (χ0) is 30.4. The first-order valence-corrected chi connectivity index (χ1v) is 15.3. The second-order valence-electron chi connectivity index (χ2n) is 12.5. The van der Waals surface area contributed by atoms with Crippen molar-refractivity contribution in [3.8, 4) is 6.07 Å². The molecule has 5 heterocycles. The number of benzene rings is 1. The predicted octanol–water partition coefficient (Wildman–Crippen LogP) is 2.53. The fourth-order valence-electron chi connectivity index (χ4n) is 7.33. The van der Waals surface area contributed by atoms with Crippen molar-refractivity contribution in [1.29, 1.82) is 5.26 Å². The third-order valence-electron chi connectivity index (χ3n) is 9.95. The molecular formula is C33H37N5O6. The standard InChI is InChI=1S/C33H37N5O6/c1-20(43-31(40)21-4-3-8-35-14-21)33(25-5-6-27(22(10-25)13-34)37-9-7-26(17-37)41-2)11-28(39)30-29(12-33)44-32(36-30)38-15-23-18-42-19-24(23)16-38/h3,5-6,8,10,12,14,20,23-24,26,32,35H,4,7,9,11,15-19H2,1-2H3/t20?,23?,24?,26-,32?,33?/m1/s1. The van der Waals surface area contributed by atoms with Crippen LogP contribution in [0.5, 0.6) is 0 Å². The molecule has 5 unspecified atom stereocenters. The number of hydrogen-bond acceptors (Lipinski definition) is 11. The number of nitrogens with one attached hydrogen (secondary N) is 1. The molecule has 1 N–H and O–H groups in total. The maximum Gasteiger partial charge on any atom is 0.336 e. The van der Waals surface area contributed by atoms with Gasteiger partial charge in [0.2, 0.25) is 0 Å². The molecule has 0 bridgehead atoms. The van der Waals surface area contributed by atoms with Crippen molar-refractivity contribution in [2.45, 2.75) is 50.2 Å². The Morgan fingerprint density at radius 2 is 2.07 bits per heavy atom. The third-order valence-corrected chi connectivity index (χ3v) is 9.95. The number of dihydropyridines is 1. The lowest BCUT2D eigenvalue weighted by Gasteiger charge is -2.39. The SMILES string of the molecule is CO[C@@H]1CCN(c2ccc(C3(C(C)OC(=O)C4=CNC=CC4)C=C4OC(N5CC6COCC6C5)N=C4C(=O)C3)cc2C#N)C1. The van der Waals surface area contributed by atoms with Crippen molar-refractivity contribution in [3.63, 3.8) is 0 Å². The summed E-state index contributed by atoms with van der Waals surface area (Å²) in [7, 11) is 1.70. The van der Waals surface area contributed by atoms with E-state index in [2.05, 4.69) is 21.2 Å². The van der Waals surface area contributed by atoms with Crippen LogP contribution in [0, 0.1) is 23.2 Å². The van der Waals surface area contributed by atoms with Gasteiger partial charge in [-0.05, 0) is 43.3 Å². The topological polar surface area (TPSA) is 126 Å². The number of hydrogen-bond donors (Lipinski definition) is 1. The number of nitrogens with zero attached hydrogens (tertiary/aromatic N) is 4. The number of ketones is 1. The molecule has 3 saturated heterocycles. The monoisotopic (exact) mass is 599 g/mol. The van der Waals surface area contributed by atoms with E-state index in [-0.39, 0.29) is 18.3 Å². The normalized spacial score (nSPS) is 31.7. The van der Waals surface area contributed by atoms with Gasteiger partial charge in [0, 0.05) is 64.2 Å². The van der Waals surface area contributed by atoms with Crippen LogP contribution in [0.3, 0.4) is 0 Å². The van der Waals surface area contributed by atoms with Crippen molar-refractivity contribution in [3.05, 3.63) is 65.2 Å². The summed E-state index contributed by atoms with van der Waals surface area (Å²) in [6, 6.07) is 8.05. The van der Waals surface area contributed by atoms with E-state index in [0.717, 1.165) is 45.0 Å². The fraction of sp³-hybridized carbons (Fsp3) is 0.515. The van der Waals surface area contributed by atoms with Crippen LogP contribution in [0.2, 0.25) is 0 Å². The number of allylic oxidation sites excluding steroid dienone is 2. The molecule has 11 nitrogen and oxygen atoms in total. The lowest BCUT2D eigenvalue weighted by molar-refractivity contribution is -0.147. The second kappa shape index (κ2) is 11.5.